The molecule has 0 aromatic carbocycles. The van der Waals surface area contributed by atoms with Gasteiger partial charge in [0.1, 0.15) is 11.1 Å². The number of nitrogens with zero attached hydrogens (tertiary/aromatic N) is 1. The molecule has 0 saturated heterocycles. The van der Waals surface area contributed by atoms with Crippen molar-refractivity contribution in [3.63, 3.8) is 0 Å². The third-order valence-electron chi connectivity index (χ3n) is 2.07. The lowest BCUT2D eigenvalue weighted by Crippen LogP contribution is -2.37. The van der Waals surface area contributed by atoms with E-state index in [1.807, 2.05) is 0 Å². The van der Waals surface area contributed by atoms with Gasteiger partial charge in [0.05, 0.1) is 0 Å². The molecule has 3 N–H and O–H groups in total. The highest BCUT2D eigenvalue weighted by Gasteiger charge is 2.12. The van der Waals surface area contributed by atoms with Gasteiger partial charge in [-0.25, -0.2) is 4.98 Å². The fraction of sp³-hybridized carbons (Fsp3) is 0.364. The molecule has 1 rings (SSSR count). The molecule has 98 valence electrons. The van der Waals surface area contributed by atoms with Crippen molar-refractivity contribution >= 4 is 23.4 Å². The van der Waals surface area contributed by atoms with Gasteiger partial charge in [0.2, 0.25) is 5.91 Å². The summed E-state index contributed by atoms with van der Waals surface area (Å²) >= 11 is 5.54. The van der Waals surface area contributed by atoms with E-state index < -0.39 is 11.3 Å². The van der Waals surface area contributed by atoms with E-state index >= 15 is 0 Å². The van der Waals surface area contributed by atoms with E-state index in [-0.39, 0.29) is 30.4 Å². The van der Waals surface area contributed by atoms with E-state index in [4.69, 9.17) is 11.6 Å². The molecule has 0 saturated carbocycles. The summed E-state index contributed by atoms with van der Waals surface area (Å²) in [7, 11) is 0. The van der Waals surface area contributed by atoms with E-state index in [0.29, 0.717) is 0 Å². The Hall–Kier alpha value is -1.82. The number of nitrogens with one attached hydrogen (secondary N) is 2. The summed E-state index contributed by atoms with van der Waals surface area (Å²) in [5, 5.41) is 13.8. The Morgan fingerprint density at radius 1 is 1.44 bits per heavy atom. The van der Waals surface area contributed by atoms with Crippen molar-refractivity contribution in [3.8, 4) is 5.75 Å². The summed E-state index contributed by atoms with van der Waals surface area (Å²) in [4.78, 5) is 26.4. The van der Waals surface area contributed by atoms with Crippen LogP contribution in [-0.2, 0) is 4.79 Å². The maximum Gasteiger partial charge on any atom is 0.273 e. The molecule has 1 unspecified atom stereocenters. The highest BCUT2D eigenvalue weighted by molar-refractivity contribution is 6.30. The zero-order valence-electron chi connectivity index (χ0n) is 9.81. The van der Waals surface area contributed by atoms with Gasteiger partial charge >= 0.3 is 0 Å². The molecule has 18 heavy (non-hydrogen) atoms. The number of carbonyl (C=O) groups is 2. The van der Waals surface area contributed by atoms with E-state index in [1.54, 1.807) is 6.92 Å². The number of aromatic hydroxyl groups is 1. The molecule has 0 radical (unpaired) electrons. The maximum absolute atomic E-state index is 11.6. The van der Waals surface area contributed by atoms with E-state index in [9.17, 15) is 14.7 Å². The number of pyridine rings is 1. The first-order valence-electron chi connectivity index (χ1n) is 5.36. The number of hydrogen-bond donors (Lipinski definition) is 3. The lowest BCUT2D eigenvalue weighted by Gasteiger charge is -2.08. The standard InChI is InChI=1S/C11H14ClN3O3/c1-7(12)10(17)14-5-6-15-11(18)9-8(16)3-2-4-13-9/h2-4,7,16H,5-6H2,1H3,(H,14,17)(H,15,18). The summed E-state index contributed by atoms with van der Waals surface area (Å²) in [5.74, 6) is -0.985. The minimum atomic E-state index is -0.611. The van der Waals surface area contributed by atoms with Crippen molar-refractivity contribution in [2.24, 2.45) is 0 Å². The molecule has 0 aliphatic heterocycles. The summed E-state index contributed by atoms with van der Waals surface area (Å²) in [6.45, 7) is 2.04. The Kier molecular flexibility index (Phi) is 5.38. The first-order chi connectivity index (χ1) is 8.52. The number of carbonyl (C=O) groups excluding carboxylic acids is 2. The fourth-order valence-corrected chi connectivity index (χ4v) is 1.24. The largest absolute Gasteiger partial charge is 0.505 e. The number of rotatable bonds is 5. The average Bonchev–Trinajstić information content (AvgIpc) is 2.34. The molecule has 2 amide bonds. The van der Waals surface area contributed by atoms with Crippen LogP contribution in [0, 0.1) is 0 Å². The second-order valence-electron chi connectivity index (χ2n) is 3.53. The Balaban J connectivity index is 2.35. The van der Waals surface area contributed by atoms with Crippen LogP contribution >= 0.6 is 11.6 Å². The topological polar surface area (TPSA) is 91.3 Å². The minimum absolute atomic E-state index is 0.0467. The second-order valence-corrected chi connectivity index (χ2v) is 4.19. The van der Waals surface area contributed by atoms with Crippen LogP contribution in [0.5, 0.6) is 5.75 Å². The maximum atomic E-state index is 11.6. The van der Waals surface area contributed by atoms with Gasteiger partial charge in [-0.3, -0.25) is 9.59 Å². The third-order valence-corrected chi connectivity index (χ3v) is 2.27. The lowest BCUT2D eigenvalue weighted by atomic mass is 10.3. The Labute approximate surface area is 109 Å². The zero-order chi connectivity index (χ0) is 13.5. The molecule has 1 atom stereocenters. The monoisotopic (exact) mass is 271 g/mol. The van der Waals surface area contributed by atoms with Crippen molar-refractivity contribution in [2.45, 2.75) is 12.3 Å². The molecule has 0 aliphatic rings. The molecule has 1 aromatic heterocycles. The van der Waals surface area contributed by atoms with Gasteiger partial charge in [-0.1, -0.05) is 0 Å². The molecule has 0 spiro atoms. The van der Waals surface area contributed by atoms with Crippen molar-refractivity contribution in [2.75, 3.05) is 13.1 Å². The van der Waals surface area contributed by atoms with Crippen LogP contribution in [-0.4, -0.2) is 40.4 Å². The molecule has 6 nitrogen and oxygen atoms in total. The number of amides is 2. The van der Waals surface area contributed by atoms with Crippen LogP contribution in [0.1, 0.15) is 17.4 Å². The smallest absolute Gasteiger partial charge is 0.273 e. The molecule has 1 aromatic rings. The average molecular weight is 272 g/mol. The quantitative estimate of drug-likeness (QED) is 0.529. The molecular weight excluding hydrogens is 258 g/mol. The van der Waals surface area contributed by atoms with Crippen LogP contribution < -0.4 is 10.6 Å². The second kappa shape index (κ2) is 6.80. The Morgan fingerprint density at radius 2 is 2.11 bits per heavy atom. The van der Waals surface area contributed by atoms with Gasteiger partial charge in [-0.05, 0) is 19.1 Å². The molecule has 1 heterocycles. The van der Waals surface area contributed by atoms with Crippen LogP contribution in [0.25, 0.3) is 0 Å². The van der Waals surface area contributed by atoms with Crippen molar-refractivity contribution in [1.82, 2.24) is 15.6 Å². The molecule has 0 fully saturated rings. The molecule has 0 aliphatic carbocycles. The van der Waals surface area contributed by atoms with Gasteiger partial charge < -0.3 is 15.7 Å². The number of halogens is 1. The fourth-order valence-electron chi connectivity index (χ4n) is 1.16. The predicted molar refractivity (Wildman–Crippen MR) is 66.6 cm³/mol. The third kappa shape index (κ3) is 4.21. The van der Waals surface area contributed by atoms with E-state index in [2.05, 4.69) is 15.6 Å². The minimum Gasteiger partial charge on any atom is -0.505 e. The number of aromatic nitrogens is 1. The van der Waals surface area contributed by atoms with E-state index in [0.717, 1.165) is 0 Å². The van der Waals surface area contributed by atoms with Gasteiger partial charge in [0.15, 0.2) is 5.69 Å². The zero-order valence-corrected chi connectivity index (χ0v) is 10.6. The van der Waals surface area contributed by atoms with Crippen LogP contribution in [0.4, 0.5) is 0 Å². The number of hydrogen-bond acceptors (Lipinski definition) is 4. The van der Waals surface area contributed by atoms with Crippen LogP contribution in [0.2, 0.25) is 0 Å². The molecule has 7 heteroatoms. The first-order valence-corrected chi connectivity index (χ1v) is 5.80. The Bertz CT molecular complexity index is 437. The van der Waals surface area contributed by atoms with E-state index in [1.165, 1.54) is 18.3 Å². The van der Waals surface area contributed by atoms with Crippen LogP contribution in [0.15, 0.2) is 18.3 Å². The molecular formula is C11H14ClN3O3. The Morgan fingerprint density at radius 3 is 2.72 bits per heavy atom. The summed E-state index contributed by atoms with van der Waals surface area (Å²) in [6, 6.07) is 2.90. The summed E-state index contributed by atoms with van der Waals surface area (Å²) in [5.41, 5.74) is -0.0467. The lowest BCUT2D eigenvalue weighted by molar-refractivity contribution is -0.120. The predicted octanol–water partition coefficient (Wildman–Crippen LogP) is 0.260. The van der Waals surface area contributed by atoms with Crippen molar-refractivity contribution < 1.29 is 14.7 Å². The van der Waals surface area contributed by atoms with Gasteiger partial charge in [0, 0.05) is 19.3 Å². The van der Waals surface area contributed by atoms with Crippen molar-refractivity contribution in [1.29, 1.82) is 0 Å². The highest BCUT2D eigenvalue weighted by atomic mass is 35.5. The SMILES string of the molecule is CC(Cl)C(=O)NCCNC(=O)c1ncccc1O. The number of alkyl halides is 1. The van der Waals surface area contributed by atoms with Gasteiger partial charge in [-0.2, -0.15) is 0 Å². The normalized spacial score (nSPS) is 11.7. The first kappa shape index (κ1) is 14.2. The summed E-state index contributed by atoms with van der Waals surface area (Å²) < 4.78 is 0. The van der Waals surface area contributed by atoms with Crippen LogP contribution in [0.3, 0.4) is 0 Å². The summed E-state index contributed by atoms with van der Waals surface area (Å²) in [6.07, 6.45) is 1.41. The molecule has 0 bridgehead atoms. The van der Waals surface area contributed by atoms with Gasteiger partial charge in [-0.15, -0.1) is 11.6 Å². The highest BCUT2D eigenvalue weighted by Crippen LogP contribution is 2.11. The van der Waals surface area contributed by atoms with Gasteiger partial charge in [0.25, 0.3) is 5.91 Å². The van der Waals surface area contributed by atoms with Crippen molar-refractivity contribution in [3.05, 3.63) is 24.0 Å².